The fourth-order valence-corrected chi connectivity index (χ4v) is 2.62. The van der Waals surface area contributed by atoms with Crippen LogP contribution in [0.5, 0.6) is 0 Å². The normalized spacial score (nSPS) is 21.3. The maximum absolute atomic E-state index is 9.54. The molecule has 1 aromatic rings. The molecule has 1 atom stereocenters. The van der Waals surface area contributed by atoms with Crippen LogP contribution in [0.2, 0.25) is 0 Å². The molecule has 0 spiro atoms. The summed E-state index contributed by atoms with van der Waals surface area (Å²) in [5, 5.41) is 9.54. The number of aliphatic hydroxyl groups is 1. The summed E-state index contributed by atoms with van der Waals surface area (Å²) in [5.74, 6) is 0. The van der Waals surface area contributed by atoms with Crippen molar-refractivity contribution in [2.45, 2.75) is 39.8 Å². The van der Waals surface area contributed by atoms with Gasteiger partial charge in [0.1, 0.15) is 0 Å². The molecule has 94 valence electrons. The summed E-state index contributed by atoms with van der Waals surface area (Å²) in [7, 11) is 0. The summed E-state index contributed by atoms with van der Waals surface area (Å²) in [5.41, 5.74) is 3.10. The average molecular weight is 233 g/mol. The van der Waals surface area contributed by atoms with Crippen molar-refractivity contribution >= 4 is 0 Å². The number of nitrogens with zero attached hydrogens (tertiary/aromatic N) is 1. The number of hydrogen-bond acceptors (Lipinski definition) is 2. The van der Waals surface area contributed by atoms with Gasteiger partial charge in [-0.1, -0.05) is 45.0 Å². The van der Waals surface area contributed by atoms with Gasteiger partial charge in [0.2, 0.25) is 0 Å². The SMILES string of the molecule is CC(C)(C)CN1Cc2ccccc2C[C@H]1CO. The Kier molecular flexibility index (Phi) is 3.55. The Morgan fingerprint density at radius 1 is 1.24 bits per heavy atom. The van der Waals surface area contributed by atoms with Gasteiger partial charge in [0.25, 0.3) is 0 Å². The number of rotatable bonds is 2. The topological polar surface area (TPSA) is 23.5 Å². The first-order valence-electron chi connectivity index (χ1n) is 6.41. The quantitative estimate of drug-likeness (QED) is 0.848. The molecule has 1 N–H and O–H groups in total. The van der Waals surface area contributed by atoms with Gasteiger partial charge in [0, 0.05) is 19.1 Å². The molecule has 0 fully saturated rings. The van der Waals surface area contributed by atoms with Gasteiger partial charge < -0.3 is 5.11 Å². The summed E-state index contributed by atoms with van der Waals surface area (Å²) in [6.45, 7) is 9.02. The van der Waals surface area contributed by atoms with Crippen LogP contribution in [0.25, 0.3) is 0 Å². The standard InChI is InChI=1S/C15H23NO/c1-15(2,3)11-16-9-13-7-5-4-6-12(13)8-14(16)10-17/h4-7,14,17H,8-11H2,1-3H3/t14-/m0/s1. The van der Waals surface area contributed by atoms with Crippen molar-refractivity contribution in [1.82, 2.24) is 4.90 Å². The summed E-state index contributed by atoms with van der Waals surface area (Å²) in [4.78, 5) is 2.42. The lowest BCUT2D eigenvalue weighted by Crippen LogP contribution is -2.46. The van der Waals surface area contributed by atoms with Crippen molar-refractivity contribution < 1.29 is 5.11 Å². The molecular formula is C15H23NO. The van der Waals surface area contributed by atoms with Gasteiger partial charge in [0.15, 0.2) is 0 Å². The molecule has 0 unspecified atom stereocenters. The fraction of sp³-hybridized carbons (Fsp3) is 0.600. The van der Waals surface area contributed by atoms with Crippen molar-refractivity contribution in [3.8, 4) is 0 Å². The Morgan fingerprint density at radius 2 is 1.88 bits per heavy atom. The molecule has 0 saturated heterocycles. The molecule has 1 aliphatic rings. The Morgan fingerprint density at radius 3 is 2.47 bits per heavy atom. The van der Waals surface area contributed by atoms with Gasteiger partial charge in [0.05, 0.1) is 6.61 Å². The smallest absolute Gasteiger partial charge is 0.0590 e. The molecule has 0 aromatic heterocycles. The summed E-state index contributed by atoms with van der Waals surface area (Å²) in [6, 6.07) is 8.87. The Balaban J connectivity index is 2.18. The van der Waals surface area contributed by atoms with Crippen LogP contribution in [0.1, 0.15) is 31.9 Å². The first-order valence-corrected chi connectivity index (χ1v) is 6.41. The Bertz CT molecular complexity index is 381. The van der Waals surface area contributed by atoms with Crippen molar-refractivity contribution in [3.05, 3.63) is 35.4 Å². The fourth-order valence-electron chi connectivity index (χ4n) is 2.62. The van der Waals surface area contributed by atoms with Gasteiger partial charge in [-0.15, -0.1) is 0 Å². The maximum atomic E-state index is 9.54. The van der Waals surface area contributed by atoms with Crippen molar-refractivity contribution in [1.29, 1.82) is 0 Å². The minimum atomic E-state index is 0.254. The van der Waals surface area contributed by atoms with E-state index in [0.717, 1.165) is 19.5 Å². The zero-order valence-electron chi connectivity index (χ0n) is 11.1. The summed E-state index contributed by atoms with van der Waals surface area (Å²) >= 11 is 0. The highest BCUT2D eigenvalue weighted by molar-refractivity contribution is 5.30. The largest absolute Gasteiger partial charge is 0.395 e. The van der Waals surface area contributed by atoms with E-state index < -0.39 is 0 Å². The highest BCUT2D eigenvalue weighted by atomic mass is 16.3. The Hall–Kier alpha value is -0.860. The molecule has 2 heteroatoms. The van der Waals surface area contributed by atoms with Crippen molar-refractivity contribution in [3.63, 3.8) is 0 Å². The van der Waals surface area contributed by atoms with Crippen LogP contribution < -0.4 is 0 Å². The lowest BCUT2D eigenvalue weighted by atomic mass is 9.90. The minimum absolute atomic E-state index is 0.254. The monoisotopic (exact) mass is 233 g/mol. The van der Waals surface area contributed by atoms with E-state index in [4.69, 9.17) is 0 Å². The number of hydrogen-bond donors (Lipinski definition) is 1. The summed E-state index contributed by atoms with van der Waals surface area (Å²) in [6.07, 6.45) is 0.975. The Labute approximate surface area is 104 Å². The van der Waals surface area contributed by atoms with Crippen LogP contribution in [-0.2, 0) is 13.0 Å². The second-order valence-corrected chi connectivity index (χ2v) is 6.27. The average Bonchev–Trinajstić information content (AvgIpc) is 2.26. The first kappa shape index (κ1) is 12.6. The molecule has 0 radical (unpaired) electrons. The van der Waals surface area contributed by atoms with Gasteiger partial charge in [-0.25, -0.2) is 0 Å². The highest BCUT2D eigenvalue weighted by Gasteiger charge is 2.28. The van der Waals surface area contributed by atoms with Crippen LogP contribution in [0.15, 0.2) is 24.3 Å². The van der Waals surface area contributed by atoms with E-state index >= 15 is 0 Å². The second-order valence-electron chi connectivity index (χ2n) is 6.27. The van der Waals surface area contributed by atoms with E-state index in [2.05, 4.69) is 49.9 Å². The molecule has 0 amide bonds. The van der Waals surface area contributed by atoms with E-state index in [1.54, 1.807) is 0 Å². The number of aliphatic hydroxyl groups excluding tert-OH is 1. The molecule has 0 bridgehead atoms. The molecule has 1 aliphatic heterocycles. The van der Waals surface area contributed by atoms with Gasteiger partial charge >= 0.3 is 0 Å². The second kappa shape index (κ2) is 4.79. The van der Waals surface area contributed by atoms with Crippen LogP contribution >= 0.6 is 0 Å². The van der Waals surface area contributed by atoms with E-state index in [0.29, 0.717) is 0 Å². The lowest BCUT2D eigenvalue weighted by Gasteiger charge is -2.39. The van der Waals surface area contributed by atoms with E-state index in [-0.39, 0.29) is 18.1 Å². The van der Waals surface area contributed by atoms with Crippen LogP contribution in [-0.4, -0.2) is 29.2 Å². The van der Waals surface area contributed by atoms with Gasteiger partial charge in [-0.3, -0.25) is 4.90 Å². The predicted molar refractivity (Wildman–Crippen MR) is 70.9 cm³/mol. The number of fused-ring (bicyclic) bond motifs is 1. The van der Waals surface area contributed by atoms with Crippen molar-refractivity contribution in [2.75, 3.05) is 13.2 Å². The van der Waals surface area contributed by atoms with Crippen molar-refractivity contribution in [2.24, 2.45) is 5.41 Å². The summed E-state index contributed by atoms with van der Waals surface area (Å²) < 4.78 is 0. The zero-order chi connectivity index (χ0) is 12.5. The van der Waals surface area contributed by atoms with Crippen LogP contribution in [0.3, 0.4) is 0 Å². The third kappa shape index (κ3) is 3.08. The molecule has 17 heavy (non-hydrogen) atoms. The first-order chi connectivity index (χ1) is 7.99. The van der Waals surface area contributed by atoms with E-state index in [9.17, 15) is 5.11 Å². The zero-order valence-corrected chi connectivity index (χ0v) is 11.1. The molecule has 0 saturated carbocycles. The lowest BCUT2D eigenvalue weighted by molar-refractivity contribution is 0.0750. The molecule has 2 rings (SSSR count). The minimum Gasteiger partial charge on any atom is -0.395 e. The third-order valence-electron chi connectivity index (χ3n) is 3.35. The molecular weight excluding hydrogens is 210 g/mol. The predicted octanol–water partition coefficient (Wildman–Crippen LogP) is 2.45. The molecule has 0 aliphatic carbocycles. The molecule has 1 aromatic carbocycles. The maximum Gasteiger partial charge on any atom is 0.0590 e. The van der Waals surface area contributed by atoms with Gasteiger partial charge in [-0.05, 0) is 23.0 Å². The van der Waals surface area contributed by atoms with E-state index in [1.807, 2.05) is 0 Å². The molecule has 1 heterocycles. The van der Waals surface area contributed by atoms with Crippen LogP contribution in [0, 0.1) is 5.41 Å². The van der Waals surface area contributed by atoms with E-state index in [1.165, 1.54) is 11.1 Å². The van der Waals surface area contributed by atoms with Gasteiger partial charge in [-0.2, -0.15) is 0 Å². The highest BCUT2D eigenvalue weighted by Crippen LogP contribution is 2.26. The third-order valence-corrected chi connectivity index (χ3v) is 3.35. The molecule has 2 nitrogen and oxygen atoms in total. The number of benzene rings is 1. The van der Waals surface area contributed by atoms with Crippen LogP contribution in [0.4, 0.5) is 0 Å².